The van der Waals surface area contributed by atoms with Crippen molar-refractivity contribution in [3.8, 4) is 11.1 Å². The maximum Gasteiger partial charge on any atom is 0.270 e. The summed E-state index contributed by atoms with van der Waals surface area (Å²) in [6, 6.07) is 9.53. The van der Waals surface area contributed by atoms with E-state index in [2.05, 4.69) is 20.7 Å². The quantitative estimate of drug-likeness (QED) is 0.497. The number of hydrogen-bond acceptors (Lipinski definition) is 4. The van der Waals surface area contributed by atoms with Crippen molar-refractivity contribution in [2.75, 3.05) is 5.32 Å². The van der Waals surface area contributed by atoms with Crippen molar-refractivity contribution < 1.29 is 18.4 Å². The summed E-state index contributed by atoms with van der Waals surface area (Å²) < 4.78 is 28.9. The molecule has 1 unspecified atom stereocenters. The minimum Gasteiger partial charge on any atom is -0.339 e. The van der Waals surface area contributed by atoms with Crippen molar-refractivity contribution in [1.82, 2.24) is 20.1 Å². The minimum absolute atomic E-state index is 0.136. The third-order valence-electron chi connectivity index (χ3n) is 6.37. The lowest BCUT2D eigenvalue weighted by atomic mass is 9.81. The van der Waals surface area contributed by atoms with Gasteiger partial charge in [-0.25, -0.2) is 8.78 Å². The van der Waals surface area contributed by atoms with E-state index in [1.165, 1.54) is 16.9 Å². The number of rotatable bonds is 6. The number of benzene rings is 1. The van der Waals surface area contributed by atoms with Gasteiger partial charge in [-0.3, -0.25) is 19.3 Å². The molecular formula is C25H26ClF2N5O2. The number of amides is 2. The summed E-state index contributed by atoms with van der Waals surface area (Å²) in [5, 5.41) is 10.1. The van der Waals surface area contributed by atoms with Gasteiger partial charge in [0.1, 0.15) is 11.7 Å². The van der Waals surface area contributed by atoms with Gasteiger partial charge in [0.15, 0.2) is 0 Å². The van der Waals surface area contributed by atoms with Gasteiger partial charge >= 0.3 is 0 Å². The average molecular weight is 502 g/mol. The lowest BCUT2D eigenvalue weighted by Gasteiger charge is -2.33. The first-order chi connectivity index (χ1) is 16.6. The molecule has 1 aliphatic rings. The highest BCUT2D eigenvalue weighted by Gasteiger charge is 2.40. The second kappa shape index (κ2) is 10.1. The molecule has 4 rings (SSSR count). The Balaban J connectivity index is 1.52. The topological polar surface area (TPSA) is 88.9 Å². The van der Waals surface area contributed by atoms with Crippen LogP contribution in [0.4, 0.5) is 14.5 Å². The first-order valence-electron chi connectivity index (χ1n) is 11.3. The molecule has 184 valence electrons. The standard InChI is InChI=1S/C25H26ClF2N5O2/c1-15-20(13-18(26)14-29-15)16-3-5-19(6-4-16)31-24(35)22(17-7-10-25(27,28)11-8-17)32-23(34)21-9-12-30-33(21)2/h3-6,9,12-14,17,22H,7-8,10-11H2,1-2H3,(H,31,35)(H,32,34). The third kappa shape index (κ3) is 5.85. The van der Waals surface area contributed by atoms with Gasteiger partial charge in [-0.2, -0.15) is 5.10 Å². The van der Waals surface area contributed by atoms with Gasteiger partial charge in [0.25, 0.3) is 5.91 Å². The Hall–Kier alpha value is -3.33. The number of hydrogen-bond donors (Lipinski definition) is 2. The Labute approximate surface area is 206 Å². The molecule has 3 aromatic rings. The molecule has 0 spiro atoms. The highest BCUT2D eigenvalue weighted by Crippen LogP contribution is 2.38. The minimum atomic E-state index is -2.74. The number of aromatic nitrogens is 3. The van der Waals surface area contributed by atoms with E-state index in [0.717, 1.165) is 16.8 Å². The number of nitrogens with one attached hydrogen (secondary N) is 2. The van der Waals surface area contributed by atoms with Crippen LogP contribution in [0.25, 0.3) is 11.1 Å². The van der Waals surface area contributed by atoms with Gasteiger partial charge in [0, 0.05) is 49.2 Å². The van der Waals surface area contributed by atoms with Crippen LogP contribution in [0.1, 0.15) is 41.9 Å². The van der Waals surface area contributed by atoms with Crippen LogP contribution in [0.5, 0.6) is 0 Å². The van der Waals surface area contributed by atoms with Crippen LogP contribution in [-0.4, -0.2) is 38.5 Å². The fraction of sp³-hybridized carbons (Fsp3) is 0.360. The smallest absolute Gasteiger partial charge is 0.270 e. The lowest BCUT2D eigenvalue weighted by molar-refractivity contribution is -0.121. The van der Waals surface area contributed by atoms with Gasteiger partial charge in [-0.15, -0.1) is 0 Å². The normalized spacial score (nSPS) is 16.5. The van der Waals surface area contributed by atoms with E-state index in [9.17, 15) is 18.4 Å². The number of carbonyl (C=O) groups is 2. The number of aryl methyl sites for hydroxylation is 2. The molecule has 2 aromatic heterocycles. The molecule has 0 aliphatic heterocycles. The van der Waals surface area contributed by atoms with Crippen molar-refractivity contribution in [2.24, 2.45) is 13.0 Å². The molecule has 0 radical (unpaired) electrons. The monoisotopic (exact) mass is 501 g/mol. The molecule has 1 atom stereocenters. The fourth-order valence-corrected chi connectivity index (χ4v) is 4.52. The van der Waals surface area contributed by atoms with Crippen LogP contribution < -0.4 is 10.6 Å². The molecule has 1 fully saturated rings. The summed E-state index contributed by atoms with van der Waals surface area (Å²) in [6.07, 6.45) is 2.70. The molecule has 1 saturated carbocycles. The summed E-state index contributed by atoms with van der Waals surface area (Å²) in [5.74, 6) is -4.09. The predicted molar refractivity (Wildman–Crippen MR) is 129 cm³/mol. The summed E-state index contributed by atoms with van der Waals surface area (Å²) in [7, 11) is 1.61. The zero-order valence-corrected chi connectivity index (χ0v) is 20.1. The summed E-state index contributed by atoms with van der Waals surface area (Å²) >= 11 is 6.07. The van der Waals surface area contributed by atoms with Gasteiger partial charge < -0.3 is 10.6 Å². The summed E-state index contributed by atoms with van der Waals surface area (Å²) in [4.78, 5) is 30.3. The van der Waals surface area contributed by atoms with E-state index in [1.807, 2.05) is 25.1 Å². The molecule has 2 heterocycles. The van der Waals surface area contributed by atoms with Crippen LogP contribution >= 0.6 is 11.6 Å². The number of anilines is 1. The number of pyridine rings is 1. The predicted octanol–water partition coefficient (Wildman–Crippen LogP) is 5.01. The lowest BCUT2D eigenvalue weighted by Crippen LogP contribution is -2.50. The van der Waals surface area contributed by atoms with E-state index < -0.39 is 29.7 Å². The SMILES string of the molecule is Cc1ncc(Cl)cc1-c1ccc(NC(=O)C(NC(=O)c2ccnn2C)C2CCC(F)(F)CC2)cc1. The molecule has 7 nitrogen and oxygen atoms in total. The highest BCUT2D eigenvalue weighted by molar-refractivity contribution is 6.30. The molecule has 10 heteroatoms. The molecule has 35 heavy (non-hydrogen) atoms. The molecule has 2 amide bonds. The van der Waals surface area contributed by atoms with E-state index >= 15 is 0 Å². The maximum absolute atomic E-state index is 13.7. The number of halogens is 3. The summed E-state index contributed by atoms with van der Waals surface area (Å²) in [5.41, 5.74) is 3.37. The van der Waals surface area contributed by atoms with Gasteiger partial charge in [0.05, 0.1) is 5.02 Å². The van der Waals surface area contributed by atoms with Crippen molar-refractivity contribution in [3.63, 3.8) is 0 Å². The first-order valence-corrected chi connectivity index (χ1v) is 11.7. The Bertz CT molecular complexity index is 1220. The Morgan fingerprint density at radius 1 is 1.17 bits per heavy atom. The molecule has 1 aliphatic carbocycles. The van der Waals surface area contributed by atoms with Gasteiger partial charge in [-0.1, -0.05) is 23.7 Å². The molecule has 0 bridgehead atoms. The molecule has 0 saturated heterocycles. The van der Waals surface area contributed by atoms with Crippen LogP contribution in [-0.2, 0) is 11.8 Å². The Kier molecular flexibility index (Phi) is 7.16. The number of nitrogens with zero attached hydrogens (tertiary/aromatic N) is 3. The first kappa shape index (κ1) is 24.8. The van der Waals surface area contributed by atoms with E-state index in [0.29, 0.717) is 10.7 Å². The van der Waals surface area contributed by atoms with E-state index in [1.54, 1.807) is 25.4 Å². The van der Waals surface area contributed by atoms with Crippen LogP contribution in [0.2, 0.25) is 5.02 Å². The number of alkyl halides is 2. The van der Waals surface area contributed by atoms with E-state index in [-0.39, 0.29) is 31.4 Å². The number of carbonyl (C=O) groups excluding carboxylic acids is 2. The second-order valence-corrected chi connectivity index (χ2v) is 9.27. The molecular weight excluding hydrogens is 476 g/mol. The van der Waals surface area contributed by atoms with Gasteiger partial charge in [-0.05, 0) is 55.5 Å². The summed E-state index contributed by atoms with van der Waals surface area (Å²) in [6.45, 7) is 1.88. The van der Waals surface area contributed by atoms with Crippen molar-refractivity contribution in [2.45, 2.75) is 44.6 Å². The van der Waals surface area contributed by atoms with Crippen molar-refractivity contribution in [3.05, 3.63) is 65.2 Å². The van der Waals surface area contributed by atoms with E-state index in [4.69, 9.17) is 11.6 Å². The Morgan fingerprint density at radius 3 is 2.49 bits per heavy atom. The maximum atomic E-state index is 13.7. The zero-order chi connectivity index (χ0) is 25.2. The molecule has 1 aromatic carbocycles. The molecule has 2 N–H and O–H groups in total. The van der Waals surface area contributed by atoms with Crippen molar-refractivity contribution >= 4 is 29.1 Å². The van der Waals surface area contributed by atoms with Crippen molar-refractivity contribution in [1.29, 1.82) is 0 Å². The fourth-order valence-electron chi connectivity index (χ4n) is 4.36. The van der Waals surface area contributed by atoms with Crippen LogP contribution in [0.15, 0.2) is 48.8 Å². The van der Waals surface area contributed by atoms with Crippen LogP contribution in [0.3, 0.4) is 0 Å². The highest BCUT2D eigenvalue weighted by atomic mass is 35.5. The van der Waals surface area contributed by atoms with Crippen LogP contribution in [0, 0.1) is 12.8 Å². The largest absolute Gasteiger partial charge is 0.339 e. The zero-order valence-electron chi connectivity index (χ0n) is 19.4. The van der Waals surface area contributed by atoms with Gasteiger partial charge in [0.2, 0.25) is 11.8 Å². The average Bonchev–Trinajstić information content (AvgIpc) is 3.26. The second-order valence-electron chi connectivity index (χ2n) is 8.84. The Morgan fingerprint density at radius 2 is 1.86 bits per heavy atom. The third-order valence-corrected chi connectivity index (χ3v) is 6.58.